The smallest absolute Gasteiger partial charge is 0.328 e. The van der Waals surface area contributed by atoms with Crippen LogP contribution >= 0.6 is 0 Å². The maximum atomic E-state index is 13.1. The number of aliphatic carboxylic acids is 1. The number of carboxylic acid groups (broad SMARTS) is 1. The standard InChI is InChI=1S/C22H22N4O8S/c1-4-26-22(30)15-8-6-5-7-14(15)19(24-26)21(29)23-25-35(31,32)17-12-13(9-10-18(27)28)11-16(33-2)20(17)34-3/h5-12,25H,4H2,1-3H3,(H,23,29)(H,27,28)/b10-9+. The van der Waals surface area contributed by atoms with E-state index in [2.05, 4.69) is 10.5 Å². The van der Waals surface area contributed by atoms with Crippen LogP contribution in [-0.4, -0.2) is 49.4 Å². The number of amides is 1. The highest BCUT2D eigenvalue weighted by Crippen LogP contribution is 2.35. The van der Waals surface area contributed by atoms with Gasteiger partial charge in [0.2, 0.25) is 0 Å². The lowest BCUT2D eigenvalue weighted by Gasteiger charge is -2.15. The topological polar surface area (TPSA) is 166 Å². The van der Waals surface area contributed by atoms with Crippen molar-refractivity contribution < 1.29 is 32.6 Å². The van der Waals surface area contributed by atoms with Gasteiger partial charge in [0.1, 0.15) is 4.90 Å². The minimum absolute atomic E-state index is 0.0226. The molecule has 0 radical (unpaired) electrons. The number of aryl methyl sites for hydroxylation is 1. The Morgan fingerprint density at radius 2 is 1.83 bits per heavy atom. The molecule has 0 unspecified atom stereocenters. The van der Waals surface area contributed by atoms with Crippen molar-refractivity contribution >= 4 is 38.7 Å². The number of nitrogens with zero attached hydrogens (tertiary/aromatic N) is 2. The number of methoxy groups -OCH3 is 2. The molecule has 1 amide bonds. The van der Waals surface area contributed by atoms with Crippen LogP contribution in [0.15, 0.2) is 52.2 Å². The van der Waals surface area contributed by atoms with Gasteiger partial charge in [0.15, 0.2) is 17.2 Å². The highest BCUT2D eigenvalue weighted by atomic mass is 32.2. The summed E-state index contributed by atoms with van der Waals surface area (Å²) in [5.41, 5.74) is 1.74. The Hall–Kier alpha value is -4.23. The number of ether oxygens (including phenoxy) is 2. The molecule has 3 N–H and O–H groups in total. The zero-order valence-corrected chi connectivity index (χ0v) is 19.8. The van der Waals surface area contributed by atoms with E-state index in [1.807, 2.05) is 4.83 Å². The van der Waals surface area contributed by atoms with Gasteiger partial charge < -0.3 is 14.6 Å². The second-order valence-corrected chi connectivity index (χ2v) is 8.65. The van der Waals surface area contributed by atoms with E-state index in [1.165, 1.54) is 32.4 Å². The van der Waals surface area contributed by atoms with E-state index < -0.39 is 26.8 Å². The van der Waals surface area contributed by atoms with Gasteiger partial charge in [-0.1, -0.05) is 18.2 Å². The third kappa shape index (κ3) is 5.31. The molecule has 1 heterocycles. The first-order valence-corrected chi connectivity index (χ1v) is 11.6. The number of hydrazine groups is 1. The summed E-state index contributed by atoms with van der Waals surface area (Å²) in [4.78, 5) is 37.8. The summed E-state index contributed by atoms with van der Waals surface area (Å²) in [6.07, 6.45) is 2.00. The van der Waals surface area contributed by atoms with Gasteiger partial charge in [-0.15, -0.1) is 4.83 Å². The Morgan fingerprint density at radius 3 is 2.43 bits per heavy atom. The van der Waals surface area contributed by atoms with Crippen molar-refractivity contribution in [1.29, 1.82) is 0 Å². The molecule has 3 rings (SSSR count). The molecule has 12 nitrogen and oxygen atoms in total. The van der Waals surface area contributed by atoms with Crippen LogP contribution in [0, 0.1) is 0 Å². The molecule has 0 aliphatic heterocycles. The summed E-state index contributed by atoms with van der Waals surface area (Å²) in [6, 6.07) is 8.87. The number of carbonyl (C=O) groups excluding carboxylic acids is 1. The van der Waals surface area contributed by atoms with E-state index in [4.69, 9.17) is 14.6 Å². The molecule has 35 heavy (non-hydrogen) atoms. The number of sulfonamides is 1. The van der Waals surface area contributed by atoms with E-state index in [0.717, 1.165) is 16.8 Å². The first kappa shape index (κ1) is 25.4. The number of fused-ring (bicyclic) bond motifs is 1. The first-order chi connectivity index (χ1) is 16.6. The molecule has 0 spiro atoms. The maximum absolute atomic E-state index is 13.1. The van der Waals surface area contributed by atoms with Crippen LogP contribution in [0.3, 0.4) is 0 Å². The highest BCUT2D eigenvalue weighted by molar-refractivity contribution is 7.89. The zero-order chi connectivity index (χ0) is 25.8. The predicted molar refractivity (Wildman–Crippen MR) is 126 cm³/mol. The zero-order valence-electron chi connectivity index (χ0n) is 18.9. The monoisotopic (exact) mass is 502 g/mol. The van der Waals surface area contributed by atoms with Gasteiger partial charge in [0.25, 0.3) is 21.5 Å². The lowest BCUT2D eigenvalue weighted by Crippen LogP contribution is -2.42. The van der Waals surface area contributed by atoms with E-state index >= 15 is 0 Å². The molecule has 0 aliphatic rings. The number of aromatic nitrogens is 2. The largest absolute Gasteiger partial charge is 0.493 e. The number of nitrogens with one attached hydrogen (secondary N) is 2. The fourth-order valence-electron chi connectivity index (χ4n) is 3.26. The molecular formula is C22H22N4O8S. The Balaban J connectivity index is 2.00. The number of hydrogen-bond acceptors (Lipinski definition) is 8. The third-order valence-corrected chi connectivity index (χ3v) is 6.11. The van der Waals surface area contributed by atoms with Crippen LogP contribution in [-0.2, 0) is 21.4 Å². The fraction of sp³-hybridized carbons (Fsp3) is 0.182. The first-order valence-electron chi connectivity index (χ1n) is 10.1. The molecular weight excluding hydrogens is 480 g/mol. The lowest BCUT2D eigenvalue weighted by molar-refractivity contribution is -0.131. The number of carbonyl (C=O) groups is 2. The summed E-state index contributed by atoms with van der Waals surface area (Å²) >= 11 is 0. The van der Waals surface area contributed by atoms with Gasteiger partial charge in [0, 0.05) is 18.0 Å². The van der Waals surface area contributed by atoms with Gasteiger partial charge in [-0.2, -0.15) is 5.10 Å². The average Bonchev–Trinajstić information content (AvgIpc) is 2.85. The molecule has 0 atom stereocenters. The van der Waals surface area contributed by atoms with Crippen molar-refractivity contribution in [1.82, 2.24) is 20.0 Å². The Bertz CT molecular complexity index is 1500. The number of carboxylic acids is 1. The van der Waals surface area contributed by atoms with Crippen LogP contribution in [0.2, 0.25) is 0 Å². The molecule has 1 aromatic heterocycles. The highest BCUT2D eigenvalue weighted by Gasteiger charge is 2.25. The van der Waals surface area contributed by atoms with Crippen LogP contribution in [0.4, 0.5) is 0 Å². The Labute approximate surface area is 199 Å². The second kappa shape index (κ2) is 10.4. The number of hydrogen-bond donors (Lipinski definition) is 3. The minimum atomic E-state index is -4.44. The number of benzene rings is 2. The van der Waals surface area contributed by atoms with Gasteiger partial charge in [0.05, 0.1) is 19.6 Å². The van der Waals surface area contributed by atoms with Gasteiger partial charge >= 0.3 is 5.97 Å². The molecule has 0 fully saturated rings. The maximum Gasteiger partial charge on any atom is 0.328 e. The SMILES string of the molecule is CCn1nc(C(=O)NNS(=O)(=O)c2cc(/C=C/C(=O)O)cc(OC)c2OC)c2ccccc2c1=O. The third-order valence-electron chi connectivity index (χ3n) is 4.86. The second-order valence-electron chi connectivity index (χ2n) is 7.00. The fourth-order valence-corrected chi connectivity index (χ4v) is 4.31. The van der Waals surface area contributed by atoms with Crippen LogP contribution < -0.4 is 25.3 Å². The van der Waals surface area contributed by atoms with Crippen molar-refractivity contribution in [2.75, 3.05) is 14.2 Å². The van der Waals surface area contributed by atoms with E-state index in [1.54, 1.807) is 25.1 Å². The molecule has 13 heteroatoms. The van der Waals surface area contributed by atoms with E-state index in [9.17, 15) is 22.8 Å². The molecule has 184 valence electrons. The average molecular weight is 503 g/mol. The number of rotatable bonds is 9. The minimum Gasteiger partial charge on any atom is -0.493 e. The normalized spacial score (nSPS) is 11.5. The van der Waals surface area contributed by atoms with Crippen LogP contribution in [0.25, 0.3) is 16.8 Å². The molecule has 3 aromatic rings. The van der Waals surface area contributed by atoms with Crippen LogP contribution in [0.5, 0.6) is 11.5 Å². The van der Waals surface area contributed by atoms with Gasteiger partial charge in [-0.25, -0.2) is 17.9 Å². The van der Waals surface area contributed by atoms with Crippen molar-refractivity contribution in [3.8, 4) is 11.5 Å². The molecule has 2 aromatic carbocycles. The molecule has 0 aliphatic carbocycles. The van der Waals surface area contributed by atoms with Gasteiger partial charge in [-0.3, -0.25) is 15.0 Å². The lowest BCUT2D eigenvalue weighted by atomic mass is 10.1. The summed E-state index contributed by atoms with van der Waals surface area (Å²) in [7, 11) is -1.93. The summed E-state index contributed by atoms with van der Waals surface area (Å²) < 4.78 is 37.6. The predicted octanol–water partition coefficient (Wildman–Crippen LogP) is 1.15. The molecule has 0 saturated carbocycles. The van der Waals surface area contributed by atoms with Crippen molar-refractivity contribution in [3.63, 3.8) is 0 Å². The molecule has 0 bridgehead atoms. The quantitative estimate of drug-likeness (QED) is 0.287. The van der Waals surface area contributed by atoms with Crippen molar-refractivity contribution in [2.45, 2.75) is 18.4 Å². The summed E-state index contributed by atoms with van der Waals surface area (Å²) in [5, 5.41) is 13.4. The van der Waals surface area contributed by atoms with Gasteiger partial charge in [-0.05, 0) is 36.8 Å². The Kier molecular flexibility index (Phi) is 7.52. The van der Waals surface area contributed by atoms with Crippen molar-refractivity contribution in [2.24, 2.45) is 0 Å². The van der Waals surface area contributed by atoms with Crippen LogP contribution in [0.1, 0.15) is 23.0 Å². The summed E-state index contributed by atoms with van der Waals surface area (Å²) in [6.45, 7) is 1.88. The Morgan fingerprint density at radius 1 is 1.14 bits per heavy atom. The van der Waals surface area contributed by atoms with E-state index in [-0.39, 0.29) is 45.6 Å². The summed E-state index contributed by atoms with van der Waals surface area (Å²) in [5.74, 6) is -2.28. The molecule has 0 saturated heterocycles. The van der Waals surface area contributed by atoms with E-state index in [0.29, 0.717) is 0 Å². The van der Waals surface area contributed by atoms with Crippen molar-refractivity contribution in [3.05, 3.63) is 64.1 Å².